The van der Waals surface area contributed by atoms with Gasteiger partial charge in [-0.1, -0.05) is 46.1 Å². The Kier molecular flexibility index (Phi) is 7.97. The number of hydrogen-bond acceptors (Lipinski definition) is 3. The molecule has 5 heteroatoms. The van der Waals surface area contributed by atoms with Gasteiger partial charge in [0.25, 0.3) is 0 Å². The molecule has 1 heterocycles. The number of allylic oxidation sites excluding steroid dienone is 1. The highest BCUT2D eigenvalue weighted by Crippen LogP contribution is 2.45. The maximum Gasteiger partial charge on any atom is 0.461 e. The summed E-state index contributed by atoms with van der Waals surface area (Å²) in [5.74, 6) is 0.942. The minimum absolute atomic E-state index is 0.188. The van der Waals surface area contributed by atoms with Crippen LogP contribution in [-0.2, 0) is 13.7 Å². The van der Waals surface area contributed by atoms with Crippen molar-refractivity contribution in [2.45, 2.75) is 135 Å². The summed E-state index contributed by atoms with van der Waals surface area (Å²) in [6.07, 6.45) is 10.9. The molecule has 0 radical (unpaired) electrons. The molecule has 0 bridgehead atoms. The van der Waals surface area contributed by atoms with Gasteiger partial charge < -0.3 is 13.7 Å². The van der Waals surface area contributed by atoms with Crippen molar-refractivity contribution in [3.63, 3.8) is 0 Å². The molecule has 2 rings (SSSR count). The van der Waals surface area contributed by atoms with Crippen LogP contribution in [0.2, 0.25) is 23.9 Å². The molecule has 0 unspecified atom stereocenters. The standard InChI is InChI=1S/C24H47BO3Si/c1-11-15-20(25-27-23(5,6)24(7,8)28-25)18-21(19-16-13-12-14-17-19)26-29(9,10)22(2,3)4/h11,19-21H,1,12-18H2,2-10H3/t20-,21+/m1/s1. The van der Waals surface area contributed by atoms with Gasteiger partial charge in [0, 0.05) is 6.10 Å². The largest absolute Gasteiger partial charge is 0.461 e. The second-order valence-corrected chi connectivity index (χ2v) is 16.7. The molecule has 3 nitrogen and oxygen atoms in total. The monoisotopic (exact) mass is 422 g/mol. The fourth-order valence-corrected chi connectivity index (χ4v) is 5.71. The summed E-state index contributed by atoms with van der Waals surface area (Å²) >= 11 is 0. The predicted molar refractivity (Wildman–Crippen MR) is 128 cm³/mol. The molecule has 0 N–H and O–H groups in total. The minimum Gasteiger partial charge on any atom is -0.414 e. The van der Waals surface area contributed by atoms with E-state index in [2.05, 4.69) is 68.1 Å². The summed E-state index contributed by atoms with van der Waals surface area (Å²) in [4.78, 5) is 0. The summed E-state index contributed by atoms with van der Waals surface area (Å²) in [7, 11) is -2.03. The first-order valence-electron chi connectivity index (χ1n) is 11.8. The highest BCUT2D eigenvalue weighted by molar-refractivity contribution is 6.74. The lowest BCUT2D eigenvalue weighted by atomic mass is 9.65. The van der Waals surface area contributed by atoms with Crippen molar-refractivity contribution in [3.05, 3.63) is 12.7 Å². The molecular weight excluding hydrogens is 375 g/mol. The van der Waals surface area contributed by atoms with Crippen molar-refractivity contribution in [2.24, 2.45) is 5.92 Å². The Bertz CT molecular complexity index is 531. The zero-order chi connectivity index (χ0) is 22.1. The van der Waals surface area contributed by atoms with Crippen molar-refractivity contribution in [3.8, 4) is 0 Å². The smallest absolute Gasteiger partial charge is 0.414 e. The average molecular weight is 423 g/mol. The van der Waals surface area contributed by atoms with Crippen LogP contribution < -0.4 is 0 Å². The van der Waals surface area contributed by atoms with Gasteiger partial charge >= 0.3 is 7.12 Å². The fraction of sp³-hybridized carbons (Fsp3) is 0.917. The first kappa shape index (κ1) is 25.2. The van der Waals surface area contributed by atoms with Crippen molar-refractivity contribution in [1.82, 2.24) is 0 Å². The quantitative estimate of drug-likeness (QED) is 0.302. The molecule has 0 spiro atoms. The van der Waals surface area contributed by atoms with Gasteiger partial charge in [0.2, 0.25) is 0 Å². The Labute approximate surface area is 182 Å². The molecule has 1 saturated carbocycles. The Morgan fingerprint density at radius 2 is 1.59 bits per heavy atom. The zero-order valence-corrected chi connectivity index (χ0v) is 21.8. The SMILES string of the molecule is C=CC[C@H](C[C@H](O[Si](C)(C)C(C)(C)C)C1CCCCC1)B1OC(C)(C)C(C)(C)O1. The molecule has 2 aliphatic rings. The van der Waals surface area contributed by atoms with E-state index >= 15 is 0 Å². The van der Waals surface area contributed by atoms with Crippen LogP contribution in [0.4, 0.5) is 0 Å². The van der Waals surface area contributed by atoms with Gasteiger partial charge in [-0.3, -0.25) is 0 Å². The molecule has 1 aliphatic heterocycles. The van der Waals surface area contributed by atoms with Crippen molar-refractivity contribution in [2.75, 3.05) is 0 Å². The molecule has 0 amide bonds. The van der Waals surface area contributed by atoms with E-state index in [1.807, 2.05) is 6.08 Å². The summed E-state index contributed by atoms with van der Waals surface area (Å²) < 4.78 is 20.0. The molecule has 1 aliphatic carbocycles. The molecule has 0 aromatic rings. The Morgan fingerprint density at radius 1 is 1.07 bits per heavy atom. The van der Waals surface area contributed by atoms with Crippen LogP contribution in [0.5, 0.6) is 0 Å². The van der Waals surface area contributed by atoms with Crippen LogP contribution in [0.15, 0.2) is 12.7 Å². The lowest BCUT2D eigenvalue weighted by molar-refractivity contribution is 0.00578. The predicted octanol–water partition coefficient (Wildman–Crippen LogP) is 7.39. The summed E-state index contributed by atoms with van der Waals surface area (Å²) in [5.41, 5.74) is -0.588. The molecular formula is C24H47BO3Si. The Balaban J connectivity index is 2.23. The van der Waals surface area contributed by atoms with E-state index in [9.17, 15) is 0 Å². The van der Waals surface area contributed by atoms with Crippen LogP contribution in [-0.4, -0.2) is 32.7 Å². The van der Waals surface area contributed by atoms with Crippen LogP contribution >= 0.6 is 0 Å². The highest BCUT2D eigenvalue weighted by Gasteiger charge is 2.54. The van der Waals surface area contributed by atoms with Gasteiger partial charge in [-0.2, -0.15) is 0 Å². The van der Waals surface area contributed by atoms with Gasteiger partial charge in [0.1, 0.15) is 0 Å². The molecule has 0 aromatic carbocycles. The molecule has 0 aromatic heterocycles. The minimum atomic E-state index is -1.85. The van der Waals surface area contributed by atoms with Crippen LogP contribution in [0, 0.1) is 5.92 Å². The molecule has 2 fully saturated rings. The van der Waals surface area contributed by atoms with Gasteiger partial charge in [0.05, 0.1) is 11.2 Å². The summed E-state index contributed by atoms with van der Waals surface area (Å²) in [5, 5.41) is 0.220. The normalized spacial score (nSPS) is 25.1. The lowest BCUT2D eigenvalue weighted by Gasteiger charge is -2.43. The van der Waals surface area contributed by atoms with E-state index in [0.717, 1.165) is 12.8 Å². The van der Waals surface area contributed by atoms with E-state index in [1.165, 1.54) is 32.1 Å². The zero-order valence-electron chi connectivity index (χ0n) is 20.8. The maximum atomic E-state index is 7.08. The van der Waals surface area contributed by atoms with Crippen LogP contribution in [0.25, 0.3) is 0 Å². The Hall–Kier alpha value is -0.0982. The van der Waals surface area contributed by atoms with E-state index in [4.69, 9.17) is 13.7 Å². The molecule has 29 heavy (non-hydrogen) atoms. The average Bonchev–Trinajstić information content (AvgIpc) is 2.81. The van der Waals surface area contributed by atoms with Crippen LogP contribution in [0.3, 0.4) is 0 Å². The summed E-state index contributed by atoms with van der Waals surface area (Å²) in [6.45, 7) is 24.4. The van der Waals surface area contributed by atoms with E-state index in [0.29, 0.717) is 12.0 Å². The van der Waals surface area contributed by atoms with E-state index < -0.39 is 8.32 Å². The molecule has 168 valence electrons. The summed E-state index contributed by atoms with van der Waals surface area (Å²) in [6, 6.07) is 0. The maximum absolute atomic E-state index is 7.08. The van der Waals surface area contributed by atoms with E-state index in [1.54, 1.807) is 0 Å². The van der Waals surface area contributed by atoms with Crippen molar-refractivity contribution >= 4 is 15.4 Å². The number of rotatable bonds is 8. The fourth-order valence-electron chi connectivity index (χ4n) is 4.31. The van der Waals surface area contributed by atoms with Crippen molar-refractivity contribution < 1.29 is 13.7 Å². The first-order chi connectivity index (χ1) is 13.2. The Morgan fingerprint density at radius 3 is 2.03 bits per heavy atom. The van der Waals surface area contributed by atoms with Gasteiger partial charge in [-0.05, 0) is 83.2 Å². The highest BCUT2D eigenvalue weighted by atomic mass is 28.4. The first-order valence-corrected chi connectivity index (χ1v) is 14.8. The van der Waals surface area contributed by atoms with Crippen molar-refractivity contribution in [1.29, 1.82) is 0 Å². The third kappa shape index (κ3) is 5.99. The second-order valence-electron chi connectivity index (χ2n) is 12.0. The van der Waals surface area contributed by atoms with E-state index in [-0.39, 0.29) is 29.2 Å². The van der Waals surface area contributed by atoms with Crippen LogP contribution in [0.1, 0.15) is 93.4 Å². The van der Waals surface area contributed by atoms with Gasteiger partial charge in [0.15, 0.2) is 8.32 Å². The molecule has 1 saturated heterocycles. The molecule has 2 atom stereocenters. The third-order valence-electron chi connectivity index (χ3n) is 8.09. The topological polar surface area (TPSA) is 27.7 Å². The van der Waals surface area contributed by atoms with Gasteiger partial charge in [-0.15, -0.1) is 6.58 Å². The lowest BCUT2D eigenvalue weighted by Crippen LogP contribution is -2.47. The number of hydrogen-bond donors (Lipinski definition) is 0. The van der Waals surface area contributed by atoms with Gasteiger partial charge in [-0.25, -0.2) is 0 Å². The third-order valence-corrected chi connectivity index (χ3v) is 12.6. The second kappa shape index (κ2) is 9.18.